The highest BCUT2D eigenvalue weighted by molar-refractivity contribution is 5.69. The molecule has 1 rings (SSSR count). The summed E-state index contributed by atoms with van der Waals surface area (Å²) in [7, 11) is 1.29. The lowest BCUT2D eigenvalue weighted by Crippen LogP contribution is -2.59. The Balaban J connectivity index is 2.61. The first-order valence-electron chi connectivity index (χ1n) is 7.58. The lowest BCUT2D eigenvalue weighted by molar-refractivity contribution is -0.303. The molecular formula is C17H22O8. The molecule has 0 aliphatic carbocycles. The molecule has 0 spiro atoms. The molecule has 0 aromatic heterocycles. The van der Waals surface area contributed by atoms with Crippen LogP contribution >= 0.6 is 0 Å². The van der Waals surface area contributed by atoms with E-state index in [1.807, 2.05) is 0 Å². The molecule has 1 unspecified atom stereocenters. The number of methoxy groups -OCH3 is 1. The summed E-state index contributed by atoms with van der Waals surface area (Å²) in [5.74, 6) is 9.98. The van der Waals surface area contributed by atoms with Crippen molar-refractivity contribution in [3.8, 4) is 23.7 Å². The van der Waals surface area contributed by atoms with Gasteiger partial charge in [0, 0.05) is 6.42 Å². The van der Waals surface area contributed by atoms with Crippen LogP contribution < -0.4 is 0 Å². The van der Waals surface area contributed by atoms with Crippen molar-refractivity contribution in [3.05, 3.63) is 12.7 Å². The average Bonchev–Trinajstić information content (AvgIpc) is 2.63. The van der Waals surface area contributed by atoms with Gasteiger partial charge in [-0.3, -0.25) is 4.79 Å². The molecule has 6 atom stereocenters. The Kier molecular flexibility index (Phi) is 9.17. The Labute approximate surface area is 146 Å². The number of hydrogen-bond donors (Lipinski definition) is 4. The molecule has 1 aliphatic rings. The third-order valence-corrected chi connectivity index (χ3v) is 3.39. The summed E-state index contributed by atoms with van der Waals surface area (Å²) in [5.41, 5.74) is 0. The minimum atomic E-state index is -1.53. The Morgan fingerprint density at radius 1 is 1.28 bits per heavy atom. The first-order valence-corrected chi connectivity index (χ1v) is 7.58. The van der Waals surface area contributed by atoms with Gasteiger partial charge in [0.25, 0.3) is 0 Å². The minimum Gasteiger partial charge on any atom is -0.469 e. The quantitative estimate of drug-likeness (QED) is 0.253. The second-order valence-electron chi connectivity index (χ2n) is 5.14. The predicted octanol–water partition coefficient (Wildman–Crippen LogP) is -1.68. The number of rotatable bonds is 6. The van der Waals surface area contributed by atoms with Crippen LogP contribution in [0.25, 0.3) is 0 Å². The van der Waals surface area contributed by atoms with Gasteiger partial charge in [0.2, 0.25) is 0 Å². The molecule has 0 radical (unpaired) electrons. The number of ether oxygens (including phenoxy) is 3. The third kappa shape index (κ3) is 6.48. The van der Waals surface area contributed by atoms with Gasteiger partial charge in [-0.15, -0.1) is 0 Å². The van der Waals surface area contributed by atoms with E-state index < -0.39 is 43.4 Å². The van der Waals surface area contributed by atoms with Gasteiger partial charge < -0.3 is 34.6 Å². The van der Waals surface area contributed by atoms with Crippen molar-refractivity contribution in [2.45, 2.75) is 49.7 Å². The normalized spacial score (nSPS) is 29.4. The molecule has 8 heteroatoms. The highest BCUT2D eigenvalue weighted by Gasteiger charge is 2.44. The zero-order valence-electron chi connectivity index (χ0n) is 13.8. The summed E-state index contributed by atoms with van der Waals surface area (Å²) in [4.78, 5) is 10.9. The molecule has 0 saturated carbocycles. The molecule has 0 bridgehead atoms. The number of carbonyl (C=O) groups is 1. The highest BCUT2D eigenvalue weighted by Crippen LogP contribution is 2.22. The van der Waals surface area contributed by atoms with Crippen LogP contribution in [0.2, 0.25) is 0 Å². The standard InChI is InChI=1S/C17H22O8/c1-3-11(8-6-4-5-7-9-13(19)23-2)24-17-16(22)15(21)14(20)12(10-18)25-17/h3,11-12,14-18,20-22H,1,7,9-10H2,2H3/t11?,12-,14-,15+,16-,17-/m1/s1. The van der Waals surface area contributed by atoms with Crippen molar-refractivity contribution >= 4 is 5.97 Å². The summed E-state index contributed by atoms with van der Waals surface area (Å²) < 4.78 is 15.1. The number of esters is 1. The van der Waals surface area contributed by atoms with E-state index in [2.05, 4.69) is 35.0 Å². The van der Waals surface area contributed by atoms with Crippen LogP contribution in [0, 0.1) is 23.7 Å². The lowest BCUT2D eigenvalue weighted by atomic mass is 9.99. The fraction of sp³-hybridized carbons (Fsp3) is 0.588. The molecule has 1 heterocycles. The second kappa shape index (κ2) is 10.9. The Hall–Kier alpha value is -1.91. The predicted molar refractivity (Wildman–Crippen MR) is 85.6 cm³/mol. The van der Waals surface area contributed by atoms with Gasteiger partial charge in [-0.05, 0) is 11.8 Å². The van der Waals surface area contributed by atoms with Crippen LogP contribution in [-0.2, 0) is 19.0 Å². The molecule has 1 aliphatic heterocycles. The van der Waals surface area contributed by atoms with Crippen molar-refractivity contribution in [1.29, 1.82) is 0 Å². The monoisotopic (exact) mass is 354 g/mol. The van der Waals surface area contributed by atoms with Crippen molar-refractivity contribution < 1.29 is 39.4 Å². The van der Waals surface area contributed by atoms with Crippen molar-refractivity contribution in [3.63, 3.8) is 0 Å². The SMILES string of the molecule is C=CC(C#CC#CCCC(=O)OC)O[C@@H]1O[C@H](CO)[C@@H](O)[C@H](O)[C@H]1O. The smallest absolute Gasteiger partial charge is 0.306 e. The largest absolute Gasteiger partial charge is 0.469 e. The first-order chi connectivity index (χ1) is 11.9. The topological polar surface area (TPSA) is 126 Å². The maximum absolute atomic E-state index is 10.9. The summed E-state index contributed by atoms with van der Waals surface area (Å²) in [6.45, 7) is 2.98. The maximum atomic E-state index is 10.9. The van der Waals surface area contributed by atoms with Crippen LogP contribution in [0.5, 0.6) is 0 Å². The van der Waals surface area contributed by atoms with Crippen LogP contribution in [0.15, 0.2) is 12.7 Å². The van der Waals surface area contributed by atoms with E-state index in [0.29, 0.717) is 6.42 Å². The van der Waals surface area contributed by atoms with Gasteiger partial charge in [-0.1, -0.05) is 24.5 Å². The molecule has 25 heavy (non-hydrogen) atoms. The molecule has 138 valence electrons. The van der Waals surface area contributed by atoms with E-state index in [-0.39, 0.29) is 12.4 Å². The van der Waals surface area contributed by atoms with Gasteiger partial charge in [-0.2, -0.15) is 0 Å². The number of carbonyl (C=O) groups excluding carboxylic acids is 1. The van der Waals surface area contributed by atoms with Crippen LogP contribution in [0.1, 0.15) is 12.8 Å². The lowest BCUT2D eigenvalue weighted by Gasteiger charge is -2.40. The molecule has 8 nitrogen and oxygen atoms in total. The van der Waals surface area contributed by atoms with Crippen molar-refractivity contribution in [2.75, 3.05) is 13.7 Å². The van der Waals surface area contributed by atoms with Crippen LogP contribution in [0.3, 0.4) is 0 Å². The molecule has 0 aromatic rings. The van der Waals surface area contributed by atoms with Gasteiger partial charge in [0.05, 0.1) is 20.1 Å². The van der Waals surface area contributed by atoms with E-state index in [4.69, 9.17) is 14.6 Å². The van der Waals surface area contributed by atoms with Gasteiger partial charge in [-0.25, -0.2) is 0 Å². The number of hydrogen-bond acceptors (Lipinski definition) is 8. The van der Waals surface area contributed by atoms with Crippen LogP contribution in [0.4, 0.5) is 0 Å². The van der Waals surface area contributed by atoms with Gasteiger partial charge in [0.1, 0.15) is 30.5 Å². The molecule has 1 fully saturated rings. The molecular weight excluding hydrogens is 332 g/mol. The summed E-state index contributed by atoms with van der Waals surface area (Å²) >= 11 is 0. The van der Waals surface area contributed by atoms with Crippen LogP contribution in [-0.4, -0.2) is 76.9 Å². The fourth-order valence-electron chi connectivity index (χ4n) is 1.95. The van der Waals surface area contributed by atoms with E-state index in [1.165, 1.54) is 13.2 Å². The van der Waals surface area contributed by atoms with E-state index in [9.17, 15) is 20.1 Å². The van der Waals surface area contributed by atoms with Gasteiger partial charge in [0.15, 0.2) is 6.29 Å². The Bertz CT molecular complexity index is 565. The summed E-state index contributed by atoms with van der Waals surface area (Å²) in [6.07, 6.45) is -5.96. The maximum Gasteiger partial charge on any atom is 0.306 e. The molecule has 0 amide bonds. The van der Waals surface area contributed by atoms with Gasteiger partial charge >= 0.3 is 5.97 Å². The minimum absolute atomic E-state index is 0.164. The highest BCUT2D eigenvalue weighted by atomic mass is 16.7. The fourth-order valence-corrected chi connectivity index (χ4v) is 1.95. The van der Waals surface area contributed by atoms with Crippen molar-refractivity contribution in [1.82, 2.24) is 0 Å². The third-order valence-electron chi connectivity index (χ3n) is 3.39. The van der Waals surface area contributed by atoms with E-state index >= 15 is 0 Å². The summed E-state index contributed by atoms with van der Waals surface area (Å²) in [5, 5.41) is 38.4. The first kappa shape index (κ1) is 21.1. The number of aliphatic hydroxyl groups excluding tert-OH is 4. The summed E-state index contributed by atoms with van der Waals surface area (Å²) in [6, 6.07) is 0. The number of aliphatic hydroxyl groups is 4. The molecule has 1 saturated heterocycles. The van der Waals surface area contributed by atoms with E-state index in [0.717, 1.165) is 0 Å². The molecule has 4 N–H and O–H groups in total. The Morgan fingerprint density at radius 3 is 2.60 bits per heavy atom. The average molecular weight is 354 g/mol. The van der Waals surface area contributed by atoms with Crippen molar-refractivity contribution in [2.24, 2.45) is 0 Å². The zero-order chi connectivity index (χ0) is 18.8. The second-order valence-corrected chi connectivity index (χ2v) is 5.14. The van der Waals surface area contributed by atoms with E-state index in [1.54, 1.807) is 0 Å². The zero-order valence-corrected chi connectivity index (χ0v) is 13.8. The molecule has 0 aromatic carbocycles. The Morgan fingerprint density at radius 2 is 2.00 bits per heavy atom.